The van der Waals surface area contributed by atoms with Gasteiger partial charge >= 0.3 is 0 Å². The van der Waals surface area contributed by atoms with Crippen molar-refractivity contribution in [1.29, 1.82) is 0 Å². The third-order valence-corrected chi connectivity index (χ3v) is 6.15. The van der Waals surface area contributed by atoms with E-state index < -0.39 is 0 Å². The Morgan fingerprint density at radius 1 is 1.13 bits per heavy atom. The fourth-order valence-electron chi connectivity index (χ4n) is 3.94. The Labute approximate surface area is 196 Å². The maximum absolute atomic E-state index is 4.85. The number of aryl methyl sites for hydroxylation is 1. The Hall–Kier alpha value is -1.68. The van der Waals surface area contributed by atoms with Crippen LogP contribution < -0.4 is 10.6 Å². The molecule has 1 aliphatic heterocycles. The van der Waals surface area contributed by atoms with Crippen LogP contribution in [-0.4, -0.2) is 50.8 Å². The lowest BCUT2D eigenvalue weighted by molar-refractivity contribution is 0.197. The summed E-state index contributed by atoms with van der Waals surface area (Å²) >= 11 is 0. The van der Waals surface area contributed by atoms with Crippen LogP contribution in [0.5, 0.6) is 0 Å². The summed E-state index contributed by atoms with van der Waals surface area (Å²) in [7, 11) is 1.99. The summed E-state index contributed by atoms with van der Waals surface area (Å²) in [6.07, 6.45) is 5.11. The molecular weight excluding hydrogens is 489 g/mol. The van der Waals surface area contributed by atoms with Crippen molar-refractivity contribution in [2.75, 3.05) is 13.1 Å². The van der Waals surface area contributed by atoms with Crippen LogP contribution in [0, 0.1) is 6.92 Å². The van der Waals surface area contributed by atoms with E-state index in [4.69, 9.17) is 4.99 Å². The van der Waals surface area contributed by atoms with Gasteiger partial charge in [-0.05, 0) is 45.1 Å². The van der Waals surface area contributed by atoms with E-state index in [9.17, 15) is 0 Å². The minimum Gasteiger partial charge on any atom is -0.354 e. The molecule has 2 aromatic rings. The van der Waals surface area contributed by atoms with Gasteiger partial charge in [0.05, 0.1) is 6.04 Å². The highest BCUT2D eigenvalue weighted by Gasteiger charge is 2.32. The van der Waals surface area contributed by atoms with E-state index in [0.717, 1.165) is 23.7 Å². The number of nitrogens with zero attached hydrogens (tertiary/aromatic N) is 5. The van der Waals surface area contributed by atoms with Crippen molar-refractivity contribution in [3.63, 3.8) is 0 Å². The van der Waals surface area contributed by atoms with Crippen molar-refractivity contribution in [1.82, 2.24) is 30.3 Å². The van der Waals surface area contributed by atoms with Crippen molar-refractivity contribution in [2.24, 2.45) is 12.0 Å². The Balaban J connectivity index is 0.00000256. The zero-order chi connectivity index (χ0) is 20.2. The lowest BCUT2D eigenvalue weighted by atomic mass is 10.0. The number of hydrogen-bond acceptors (Lipinski definition) is 4. The van der Waals surface area contributed by atoms with E-state index in [1.54, 1.807) is 0 Å². The van der Waals surface area contributed by atoms with Crippen LogP contribution >= 0.6 is 24.0 Å². The zero-order valence-electron chi connectivity index (χ0n) is 18.2. The molecule has 1 aliphatic carbocycles. The van der Waals surface area contributed by atoms with Crippen molar-refractivity contribution in [2.45, 2.75) is 64.2 Å². The number of nitrogens with one attached hydrogen (secondary N) is 2. The monoisotopic (exact) mass is 523 g/mol. The van der Waals surface area contributed by atoms with Crippen LogP contribution in [0.4, 0.5) is 0 Å². The van der Waals surface area contributed by atoms with Gasteiger partial charge in [-0.3, -0.25) is 0 Å². The number of likely N-dealkylation sites (tertiary alicyclic amines) is 1. The molecule has 0 amide bonds. The van der Waals surface area contributed by atoms with Crippen molar-refractivity contribution in [3.05, 3.63) is 47.5 Å². The highest BCUT2D eigenvalue weighted by molar-refractivity contribution is 14.0. The summed E-state index contributed by atoms with van der Waals surface area (Å²) in [5.41, 5.74) is 1.25. The molecule has 1 unspecified atom stereocenters. The van der Waals surface area contributed by atoms with E-state index >= 15 is 0 Å². The van der Waals surface area contributed by atoms with Gasteiger partial charge in [-0.2, -0.15) is 0 Å². The standard InChI is InChI=1S/C22H33N7.HI/c1-16(18-7-5-4-6-8-18)24-22(23-15-21-27-26-17(2)28(21)3)25-19-11-13-29(14-12-19)20-9-10-20;/h4-8,16,19-20H,9-15H2,1-3H3,(H2,23,24,25);1H. The number of benzene rings is 1. The van der Waals surface area contributed by atoms with Crippen LogP contribution in [0.1, 0.15) is 55.9 Å². The summed E-state index contributed by atoms with van der Waals surface area (Å²) in [5.74, 6) is 2.63. The SMILES string of the molecule is Cc1nnc(CN=C(NC2CCN(C3CC3)CC2)NC(C)c2ccccc2)n1C.I. The second-order valence-corrected chi connectivity index (χ2v) is 8.35. The molecular formula is C22H34IN7. The molecule has 0 radical (unpaired) electrons. The van der Waals surface area contributed by atoms with Gasteiger partial charge in [-0.25, -0.2) is 4.99 Å². The van der Waals surface area contributed by atoms with Crippen molar-refractivity contribution < 1.29 is 0 Å². The zero-order valence-corrected chi connectivity index (χ0v) is 20.5. The van der Waals surface area contributed by atoms with Crippen molar-refractivity contribution >= 4 is 29.9 Å². The van der Waals surface area contributed by atoms with Gasteiger partial charge in [-0.15, -0.1) is 34.2 Å². The van der Waals surface area contributed by atoms with Gasteiger partial charge in [0.2, 0.25) is 0 Å². The number of rotatable bonds is 6. The van der Waals surface area contributed by atoms with E-state index in [1.807, 2.05) is 24.6 Å². The fourth-order valence-corrected chi connectivity index (χ4v) is 3.94. The van der Waals surface area contributed by atoms with E-state index in [2.05, 4.69) is 56.9 Å². The molecule has 1 saturated heterocycles. The molecule has 2 N–H and O–H groups in total. The summed E-state index contributed by atoms with van der Waals surface area (Å²) in [4.78, 5) is 7.50. The molecule has 1 aromatic heterocycles. The number of aliphatic imine (C=N–C) groups is 1. The molecule has 2 fully saturated rings. The molecule has 30 heavy (non-hydrogen) atoms. The number of aromatic nitrogens is 3. The molecule has 8 heteroatoms. The minimum atomic E-state index is 0. The van der Waals surface area contributed by atoms with Gasteiger partial charge in [0.1, 0.15) is 12.4 Å². The Bertz CT molecular complexity index is 823. The van der Waals surface area contributed by atoms with E-state index in [-0.39, 0.29) is 30.0 Å². The molecule has 7 nitrogen and oxygen atoms in total. The summed E-state index contributed by atoms with van der Waals surface area (Å²) in [5, 5.41) is 15.7. The quantitative estimate of drug-likeness (QED) is 0.346. The number of guanidine groups is 1. The third-order valence-electron chi connectivity index (χ3n) is 6.15. The van der Waals surface area contributed by atoms with E-state index in [0.29, 0.717) is 12.6 Å². The molecule has 0 bridgehead atoms. The summed E-state index contributed by atoms with van der Waals surface area (Å²) in [6, 6.07) is 12.0. The maximum atomic E-state index is 4.85. The molecule has 4 rings (SSSR count). The molecule has 1 saturated carbocycles. The first-order valence-electron chi connectivity index (χ1n) is 10.8. The fraction of sp³-hybridized carbons (Fsp3) is 0.591. The highest BCUT2D eigenvalue weighted by Crippen LogP contribution is 2.29. The Kier molecular flexibility index (Phi) is 8.10. The van der Waals surface area contributed by atoms with Crippen LogP contribution in [0.3, 0.4) is 0 Å². The first kappa shape index (κ1) is 23.0. The smallest absolute Gasteiger partial charge is 0.192 e. The number of halogens is 1. The molecule has 2 heterocycles. The van der Waals surface area contributed by atoms with Crippen LogP contribution in [-0.2, 0) is 13.6 Å². The predicted octanol–water partition coefficient (Wildman–Crippen LogP) is 3.16. The summed E-state index contributed by atoms with van der Waals surface area (Å²) < 4.78 is 2.00. The minimum absolute atomic E-state index is 0. The van der Waals surface area contributed by atoms with Crippen LogP contribution in [0.15, 0.2) is 35.3 Å². The van der Waals surface area contributed by atoms with E-state index in [1.165, 1.54) is 44.3 Å². The highest BCUT2D eigenvalue weighted by atomic mass is 127. The third kappa shape index (κ3) is 5.94. The van der Waals surface area contributed by atoms with Gasteiger partial charge in [0.25, 0.3) is 0 Å². The van der Waals surface area contributed by atoms with Crippen LogP contribution in [0.25, 0.3) is 0 Å². The molecule has 164 valence electrons. The average molecular weight is 523 g/mol. The molecule has 1 aromatic carbocycles. The second-order valence-electron chi connectivity index (χ2n) is 8.35. The molecule has 0 spiro atoms. The predicted molar refractivity (Wildman–Crippen MR) is 131 cm³/mol. The Morgan fingerprint density at radius 3 is 2.43 bits per heavy atom. The van der Waals surface area contributed by atoms with Gasteiger partial charge in [0.15, 0.2) is 11.8 Å². The lowest BCUT2D eigenvalue weighted by Gasteiger charge is -2.33. The van der Waals surface area contributed by atoms with Gasteiger partial charge in [0, 0.05) is 32.2 Å². The molecule has 2 aliphatic rings. The largest absolute Gasteiger partial charge is 0.354 e. The lowest BCUT2D eigenvalue weighted by Crippen LogP contribution is -2.49. The second kappa shape index (κ2) is 10.6. The average Bonchev–Trinajstić information content (AvgIpc) is 3.54. The summed E-state index contributed by atoms with van der Waals surface area (Å²) in [6.45, 7) is 7.02. The van der Waals surface area contributed by atoms with Gasteiger partial charge in [-0.1, -0.05) is 30.3 Å². The van der Waals surface area contributed by atoms with Gasteiger partial charge < -0.3 is 20.1 Å². The number of hydrogen-bond donors (Lipinski definition) is 2. The first-order valence-corrected chi connectivity index (χ1v) is 10.8. The van der Waals surface area contributed by atoms with Crippen molar-refractivity contribution in [3.8, 4) is 0 Å². The van der Waals surface area contributed by atoms with Crippen LogP contribution in [0.2, 0.25) is 0 Å². The topological polar surface area (TPSA) is 70.4 Å². The first-order chi connectivity index (χ1) is 14.1. The Morgan fingerprint density at radius 2 is 1.83 bits per heavy atom. The normalized spacial score (nSPS) is 19.2. The molecule has 1 atom stereocenters. The maximum Gasteiger partial charge on any atom is 0.192 e. The number of piperidine rings is 1.